The highest BCUT2D eigenvalue weighted by Gasteiger charge is 2.12. The summed E-state index contributed by atoms with van der Waals surface area (Å²) >= 11 is 0. The van der Waals surface area contributed by atoms with E-state index in [1.54, 1.807) is 0 Å². The van der Waals surface area contributed by atoms with E-state index in [9.17, 15) is 0 Å². The molecule has 0 aliphatic carbocycles. The molecule has 0 aliphatic heterocycles. The quantitative estimate of drug-likeness (QED) is 0.601. The number of rotatable bonds is 1. The second-order valence-corrected chi connectivity index (χ2v) is 5.50. The third-order valence-corrected chi connectivity index (χ3v) is 2.99. The highest BCUT2D eigenvalue weighted by Crippen LogP contribution is 2.26. The molecule has 0 nitrogen and oxygen atoms in total. The van der Waals surface area contributed by atoms with Crippen LogP contribution in [0.2, 0.25) is 0 Å². The normalized spacial score (nSPS) is 11.8. The van der Waals surface area contributed by atoms with Crippen LogP contribution in [0.25, 0.3) is 11.1 Å². The average molecular weight is 211 g/mol. The molecule has 0 N–H and O–H groups in total. The lowest BCUT2D eigenvalue weighted by Gasteiger charge is -2.19. The van der Waals surface area contributed by atoms with Gasteiger partial charge in [-0.05, 0) is 11.0 Å². The van der Waals surface area contributed by atoms with Gasteiger partial charge >= 0.3 is 0 Å². The van der Waals surface area contributed by atoms with E-state index in [2.05, 4.69) is 70.2 Å². The Kier molecular flexibility index (Phi) is 2.67. The summed E-state index contributed by atoms with van der Waals surface area (Å²) in [5, 5.41) is 0. The van der Waals surface area contributed by atoms with Crippen LogP contribution in [-0.2, 0) is 5.41 Å². The summed E-state index contributed by atoms with van der Waals surface area (Å²) in [6.45, 7) is 8.87. The van der Waals surface area contributed by atoms with Crippen molar-refractivity contribution in [3.8, 4) is 11.1 Å². The Morgan fingerprint density at radius 2 is 1.50 bits per heavy atom. The molecule has 0 radical (unpaired) electrons. The maximum Gasteiger partial charge on any atom is -0.0132 e. The van der Waals surface area contributed by atoms with Crippen molar-refractivity contribution in [2.75, 3.05) is 0 Å². The van der Waals surface area contributed by atoms with E-state index in [0.29, 0.717) is 0 Å². The SMILES string of the molecule is C[c-]1ccc(-c2ccc(C(C)(C)C)cc2)c1. The van der Waals surface area contributed by atoms with Crippen LogP contribution in [0.4, 0.5) is 0 Å². The molecule has 0 spiro atoms. The van der Waals surface area contributed by atoms with Gasteiger partial charge in [0.2, 0.25) is 0 Å². The van der Waals surface area contributed by atoms with E-state index >= 15 is 0 Å². The summed E-state index contributed by atoms with van der Waals surface area (Å²) in [4.78, 5) is 0. The Balaban J connectivity index is 2.33. The Morgan fingerprint density at radius 1 is 0.875 bits per heavy atom. The first-order chi connectivity index (χ1) is 7.47. The molecule has 2 rings (SSSR count). The molecule has 0 bridgehead atoms. The molecule has 0 unspecified atom stereocenters. The van der Waals surface area contributed by atoms with Crippen molar-refractivity contribution in [1.29, 1.82) is 0 Å². The van der Waals surface area contributed by atoms with Gasteiger partial charge in [0.1, 0.15) is 0 Å². The number of hydrogen-bond donors (Lipinski definition) is 0. The van der Waals surface area contributed by atoms with Crippen LogP contribution >= 0.6 is 0 Å². The molecule has 0 aliphatic rings. The van der Waals surface area contributed by atoms with E-state index in [4.69, 9.17) is 0 Å². The predicted octanol–water partition coefficient (Wildman–Crippen LogP) is 4.68. The topological polar surface area (TPSA) is 0 Å². The Labute approximate surface area is 98.3 Å². The van der Waals surface area contributed by atoms with Crippen molar-refractivity contribution < 1.29 is 0 Å². The zero-order valence-corrected chi connectivity index (χ0v) is 10.5. The third-order valence-electron chi connectivity index (χ3n) is 2.99. The Hall–Kier alpha value is -1.43. The second kappa shape index (κ2) is 3.86. The minimum atomic E-state index is 0.237. The zero-order chi connectivity index (χ0) is 11.8. The number of benzene rings is 1. The van der Waals surface area contributed by atoms with Crippen molar-refractivity contribution in [3.63, 3.8) is 0 Å². The fourth-order valence-electron chi connectivity index (χ4n) is 1.90. The first-order valence-corrected chi connectivity index (χ1v) is 5.81. The Morgan fingerprint density at radius 3 is 1.94 bits per heavy atom. The molecule has 0 heteroatoms. The molecule has 0 saturated carbocycles. The van der Waals surface area contributed by atoms with Gasteiger partial charge < -0.3 is 0 Å². The van der Waals surface area contributed by atoms with E-state index < -0.39 is 0 Å². The zero-order valence-electron chi connectivity index (χ0n) is 10.5. The highest BCUT2D eigenvalue weighted by molar-refractivity contribution is 5.65. The lowest BCUT2D eigenvalue weighted by Crippen LogP contribution is -2.10. The van der Waals surface area contributed by atoms with Gasteiger partial charge in [0.15, 0.2) is 0 Å². The van der Waals surface area contributed by atoms with E-state index in [0.717, 1.165) is 0 Å². The van der Waals surface area contributed by atoms with Gasteiger partial charge in [0.25, 0.3) is 0 Å². The van der Waals surface area contributed by atoms with Gasteiger partial charge in [-0.2, -0.15) is 23.3 Å². The fourth-order valence-corrected chi connectivity index (χ4v) is 1.90. The lowest BCUT2D eigenvalue weighted by molar-refractivity contribution is 0.590. The molecule has 0 fully saturated rings. The first kappa shape index (κ1) is 11.1. The molecule has 2 aromatic carbocycles. The minimum absolute atomic E-state index is 0.237. The van der Waals surface area contributed by atoms with Crippen LogP contribution in [0, 0.1) is 6.92 Å². The molecule has 16 heavy (non-hydrogen) atoms. The molecule has 0 amide bonds. The van der Waals surface area contributed by atoms with Crippen LogP contribution in [-0.4, -0.2) is 0 Å². The maximum absolute atomic E-state index is 2.24. The van der Waals surface area contributed by atoms with Crippen molar-refractivity contribution in [2.24, 2.45) is 0 Å². The molecule has 84 valence electrons. The van der Waals surface area contributed by atoms with Gasteiger partial charge in [0, 0.05) is 0 Å². The number of aryl methyl sites for hydroxylation is 1. The van der Waals surface area contributed by atoms with Crippen LogP contribution in [0.3, 0.4) is 0 Å². The average Bonchev–Trinajstić information content (AvgIpc) is 2.64. The van der Waals surface area contributed by atoms with Crippen LogP contribution in [0.15, 0.2) is 42.5 Å². The second-order valence-electron chi connectivity index (χ2n) is 5.50. The van der Waals surface area contributed by atoms with Crippen molar-refractivity contribution in [1.82, 2.24) is 0 Å². The minimum Gasteiger partial charge on any atom is -0.206 e. The standard InChI is InChI=1S/C16H19/c1-12-5-6-14(11-12)13-7-9-15(10-8-13)16(2,3)4/h5-11H,1-4H3/q-1. The summed E-state index contributed by atoms with van der Waals surface area (Å²) in [7, 11) is 0. The van der Waals surface area contributed by atoms with Gasteiger partial charge in [-0.25, -0.2) is 6.07 Å². The number of hydrogen-bond acceptors (Lipinski definition) is 0. The Bertz CT molecular complexity index is 463. The van der Waals surface area contributed by atoms with Crippen molar-refractivity contribution in [3.05, 3.63) is 53.6 Å². The summed E-state index contributed by atoms with van der Waals surface area (Å²) < 4.78 is 0. The fraction of sp³-hybridized carbons (Fsp3) is 0.312. The summed E-state index contributed by atoms with van der Waals surface area (Å²) in [5.41, 5.74) is 5.58. The van der Waals surface area contributed by atoms with Gasteiger partial charge in [-0.3, -0.25) is 0 Å². The summed E-state index contributed by atoms with van der Waals surface area (Å²) in [6, 6.07) is 15.5. The van der Waals surface area contributed by atoms with Gasteiger partial charge in [0.05, 0.1) is 0 Å². The van der Waals surface area contributed by atoms with Crippen molar-refractivity contribution in [2.45, 2.75) is 33.1 Å². The molecule has 0 atom stereocenters. The molecule has 0 heterocycles. The first-order valence-electron chi connectivity index (χ1n) is 5.81. The largest absolute Gasteiger partial charge is 0.206 e. The van der Waals surface area contributed by atoms with Crippen molar-refractivity contribution >= 4 is 0 Å². The van der Waals surface area contributed by atoms with E-state index in [1.165, 1.54) is 22.3 Å². The monoisotopic (exact) mass is 211 g/mol. The third kappa shape index (κ3) is 2.21. The molecule has 0 saturated heterocycles. The predicted molar refractivity (Wildman–Crippen MR) is 70.9 cm³/mol. The smallest absolute Gasteiger partial charge is 0.0132 e. The molecule has 2 aromatic rings. The van der Waals surface area contributed by atoms with Crippen LogP contribution in [0.1, 0.15) is 31.9 Å². The van der Waals surface area contributed by atoms with Gasteiger partial charge in [-0.15, -0.1) is 0 Å². The van der Waals surface area contributed by atoms with E-state index in [1.807, 2.05) is 0 Å². The molecular weight excluding hydrogens is 192 g/mol. The van der Waals surface area contributed by atoms with E-state index in [-0.39, 0.29) is 5.41 Å². The maximum atomic E-state index is 2.24. The van der Waals surface area contributed by atoms with Crippen LogP contribution < -0.4 is 0 Å². The molecule has 0 aromatic heterocycles. The van der Waals surface area contributed by atoms with Gasteiger partial charge in [-0.1, -0.05) is 57.5 Å². The molecular formula is C16H19-. The lowest BCUT2D eigenvalue weighted by atomic mass is 9.86. The summed E-state index contributed by atoms with van der Waals surface area (Å²) in [5.74, 6) is 0. The van der Waals surface area contributed by atoms with Crippen LogP contribution in [0.5, 0.6) is 0 Å². The summed E-state index contributed by atoms with van der Waals surface area (Å²) in [6.07, 6.45) is 0. The highest BCUT2D eigenvalue weighted by atomic mass is 14.2.